The zero-order valence-electron chi connectivity index (χ0n) is 13.9. The number of carbonyl (C=O) groups excluding carboxylic acids is 2. The first-order chi connectivity index (χ1) is 12.0. The normalized spacial score (nSPS) is 9.92. The molecule has 2 aromatic carbocycles. The van der Waals surface area contributed by atoms with E-state index in [1.165, 1.54) is 27.4 Å². The minimum absolute atomic E-state index is 0.191. The Hall–Kier alpha value is -2.74. The van der Waals surface area contributed by atoms with Gasteiger partial charge in [-0.05, 0) is 36.4 Å². The lowest BCUT2D eigenvalue weighted by Gasteiger charge is -2.15. The summed E-state index contributed by atoms with van der Waals surface area (Å²) in [6, 6.07) is 9.81. The average Bonchev–Trinajstić information content (AvgIpc) is 2.64. The van der Waals surface area contributed by atoms with E-state index < -0.39 is 11.8 Å². The van der Waals surface area contributed by atoms with Gasteiger partial charge in [0.2, 0.25) is 5.75 Å². The largest absolute Gasteiger partial charge is 0.493 e. The van der Waals surface area contributed by atoms with Crippen LogP contribution >= 0.6 is 15.9 Å². The van der Waals surface area contributed by atoms with Crippen molar-refractivity contribution in [2.24, 2.45) is 0 Å². The molecule has 2 rings (SSSR count). The second-order valence-electron chi connectivity index (χ2n) is 4.80. The van der Waals surface area contributed by atoms with Crippen LogP contribution in [0.3, 0.4) is 0 Å². The van der Waals surface area contributed by atoms with Crippen LogP contribution in [0.15, 0.2) is 40.9 Å². The third-order valence-corrected chi connectivity index (χ3v) is 3.87. The molecule has 0 aliphatic carbocycles. The molecule has 0 unspecified atom stereocenters. The van der Waals surface area contributed by atoms with Gasteiger partial charge >= 0.3 is 0 Å². The van der Waals surface area contributed by atoms with Crippen LogP contribution in [-0.4, -0.2) is 33.1 Å². The predicted molar refractivity (Wildman–Crippen MR) is 95.2 cm³/mol. The molecule has 0 aliphatic rings. The summed E-state index contributed by atoms with van der Waals surface area (Å²) in [7, 11) is 4.33. The summed E-state index contributed by atoms with van der Waals surface area (Å²) >= 11 is 3.29. The first-order valence-electron chi connectivity index (χ1n) is 7.17. The topological polar surface area (TPSA) is 85.9 Å². The molecule has 0 saturated heterocycles. The van der Waals surface area contributed by atoms with E-state index in [9.17, 15) is 9.59 Å². The lowest BCUT2D eigenvalue weighted by Crippen LogP contribution is -2.41. The number of hydrogen-bond acceptors (Lipinski definition) is 5. The smallest absolute Gasteiger partial charge is 0.273 e. The molecule has 0 fully saturated rings. The highest BCUT2D eigenvalue weighted by molar-refractivity contribution is 9.10. The summed E-state index contributed by atoms with van der Waals surface area (Å²) in [5.74, 6) is -0.0764. The van der Waals surface area contributed by atoms with E-state index in [4.69, 9.17) is 14.2 Å². The Morgan fingerprint density at radius 1 is 0.800 bits per heavy atom. The Morgan fingerprint density at radius 3 is 1.96 bits per heavy atom. The summed E-state index contributed by atoms with van der Waals surface area (Å²) < 4.78 is 16.5. The molecule has 0 spiro atoms. The van der Waals surface area contributed by atoms with Gasteiger partial charge in [-0.3, -0.25) is 20.4 Å². The molecule has 2 aromatic rings. The summed E-state index contributed by atoms with van der Waals surface area (Å²) in [5.41, 5.74) is 5.30. The maximum atomic E-state index is 12.4. The SMILES string of the molecule is COc1ccc(C(=O)NNC(=O)c2ccc(Br)cc2)c(OC)c1OC. The lowest BCUT2D eigenvalue weighted by molar-refractivity contribution is 0.0844. The minimum atomic E-state index is -0.553. The van der Waals surface area contributed by atoms with Gasteiger partial charge in [-0.1, -0.05) is 15.9 Å². The van der Waals surface area contributed by atoms with Crippen LogP contribution in [0.1, 0.15) is 20.7 Å². The average molecular weight is 409 g/mol. The van der Waals surface area contributed by atoms with Crippen molar-refractivity contribution in [1.82, 2.24) is 10.9 Å². The van der Waals surface area contributed by atoms with Crippen LogP contribution in [0.4, 0.5) is 0 Å². The molecule has 8 heteroatoms. The Labute approximate surface area is 153 Å². The van der Waals surface area contributed by atoms with Crippen LogP contribution in [0.25, 0.3) is 0 Å². The number of ether oxygens (including phenoxy) is 3. The molecule has 132 valence electrons. The van der Waals surface area contributed by atoms with Gasteiger partial charge in [-0.15, -0.1) is 0 Å². The molecule has 0 aliphatic heterocycles. The van der Waals surface area contributed by atoms with Gasteiger partial charge in [0.05, 0.1) is 26.9 Å². The predicted octanol–water partition coefficient (Wildman–Crippen LogP) is 2.55. The number of halogens is 1. The van der Waals surface area contributed by atoms with Crippen molar-refractivity contribution < 1.29 is 23.8 Å². The highest BCUT2D eigenvalue weighted by Gasteiger charge is 2.21. The van der Waals surface area contributed by atoms with Crippen molar-refractivity contribution in [2.45, 2.75) is 0 Å². The molecular weight excluding hydrogens is 392 g/mol. The molecule has 7 nitrogen and oxygen atoms in total. The number of hydrazine groups is 1. The van der Waals surface area contributed by atoms with Crippen molar-refractivity contribution in [3.8, 4) is 17.2 Å². The molecule has 25 heavy (non-hydrogen) atoms. The third-order valence-electron chi connectivity index (χ3n) is 3.34. The molecule has 0 heterocycles. The fourth-order valence-corrected chi connectivity index (χ4v) is 2.40. The Balaban J connectivity index is 2.15. The van der Waals surface area contributed by atoms with E-state index in [-0.39, 0.29) is 17.1 Å². The summed E-state index contributed by atoms with van der Waals surface area (Å²) in [4.78, 5) is 24.4. The van der Waals surface area contributed by atoms with Crippen LogP contribution in [-0.2, 0) is 0 Å². The Bertz CT molecular complexity index is 777. The third kappa shape index (κ3) is 4.21. The van der Waals surface area contributed by atoms with Gasteiger partial charge in [0.25, 0.3) is 11.8 Å². The van der Waals surface area contributed by atoms with E-state index in [0.717, 1.165) is 4.47 Å². The van der Waals surface area contributed by atoms with E-state index in [2.05, 4.69) is 26.8 Å². The number of methoxy groups -OCH3 is 3. The zero-order valence-corrected chi connectivity index (χ0v) is 15.5. The van der Waals surface area contributed by atoms with Crippen molar-refractivity contribution in [3.05, 3.63) is 52.0 Å². The standard InChI is InChI=1S/C17H17BrN2O5/c1-23-13-9-8-12(14(24-2)15(13)25-3)17(22)20-19-16(21)10-4-6-11(18)7-5-10/h4-9H,1-3H3,(H,19,21)(H,20,22). The molecule has 0 radical (unpaired) electrons. The highest BCUT2D eigenvalue weighted by atomic mass is 79.9. The van der Waals surface area contributed by atoms with Gasteiger partial charge in [-0.25, -0.2) is 0 Å². The maximum absolute atomic E-state index is 12.4. The van der Waals surface area contributed by atoms with Crippen molar-refractivity contribution in [3.63, 3.8) is 0 Å². The molecular formula is C17H17BrN2O5. The highest BCUT2D eigenvalue weighted by Crippen LogP contribution is 2.39. The quantitative estimate of drug-likeness (QED) is 0.742. The van der Waals surface area contributed by atoms with Crippen LogP contribution < -0.4 is 25.1 Å². The molecule has 2 amide bonds. The minimum Gasteiger partial charge on any atom is -0.493 e. The van der Waals surface area contributed by atoms with Gasteiger partial charge in [-0.2, -0.15) is 0 Å². The van der Waals surface area contributed by atoms with Crippen molar-refractivity contribution >= 4 is 27.7 Å². The number of carbonyl (C=O) groups is 2. The maximum Gasteiger partial charge on any atom is 0.273 e. The number of benzene rings is 2. The Morgan fingerprint density at radius 2 is 1.40 bits per heavy atom. The number of nitrogens with one attached hydrogen (secondary N) is 2. The van der Waals surface area contributed by atoms with E-state index in [0.29, 0.717) is 11.3 Å². The van der Waals surface area contributed by atoms with Crippen molar-refractivity contribution in [2.75, 3.05) is 21.3 Å². The van der Waals surface area contributed by atoms with Gasteiger partial charge in [0.15, 0.2) is 11.5 Å². The van der Waals surface area contributed by atoms with Crippen LogP contribution in [0, 0.1) is 0 Å². The van der Waals surface area contributed by atoms with Gasteiger partial charge in [0, 0.05) is 10.0 Å². The fourth-order valence-electron chi connectivity index (χ4n) is 2.13. The fraction of sp³-hybridized carbons (Fsp3) is 0.176. The molecule has 2 N–H and O–H groups in total. The zero-order chi connectivity index (χ0) is 18.4. The summed E-state index contributed by atoms with van der Waals surface area (Å²) in [6.07, 6.45) is 0. The first-order valence-corrected chi connectivity index (χ1v) is 7.96. The number of hydrogen-bond donors (Lipinski definition) is 2. The molecule has 0 aromatic heterocycles. The van der Waals surface area contributed by atoms with Crippen molar-refractivity contribution in [1.29, 1.82) is 0 Å². The monoisotopic (exact) mass is 408 g/mol. The Kier molecular flexibility index (Phi) is 6.24. The number of amides is 2. The second-order valence-corrected chi connectivity index (χ2v) is 5.71. The first kappa shape index (κ1) is 18.6. The number of rotatable bonds is 5. The van der Waals surface area contributed by atoms with E-state index in [1.54, 1.807) is 30.3 Å². The second kappa shape index (κ2) is 8.39. The van der Waals surface area contributed by atoms with Gasteiger partial charge in [0.1, 0.15) is 0 Å². The van der Waals surface area contributed by atoms with E-state index in [1.807, 2.05) is 0 Å². The molecule has 0 atom stereocenters. The van der Waals surface area contributed by atoms with Crippen LogP contribution in [0.5, 0.6) is 17.2 Å². The van der Waals surface area contributed by atoms with Gasteiger partial charge < -0.3 is 14.2 Å². The van der Waals surface area contributed by atoms with Crippen LogP contribution in [0.2, 0.25) is 0 Å². The molecule has 0 saturated carbocycles. The lowest BCUT2D eigenvalue weighted by atomic mass is 10.1. The summed E-state index contributed by atoms with van der Waals surface area (Å²) in [5, 5.41) is 0. The molecule has 0 bridgehead atoms. The van der Waals surface area contributed by atoms with E-state index >= 15 is 0 Å². The summed E-state index contributed by atoms with van der Waals surface area (Å²) in [6.45, 7) is 0.